The van der Waals surface area contributed by atoms with E-state index in [4.69, 9.17) is 10.8 Å². The number of nitrogens with two attached hydrogens (primary N) is 1. The van der Waals surface area contributed by atoms with Gasteiger partial charge in [-0.2, -0.15) is 0 Å². The molecule has 6 heteroatoms. The van der Waals surface area contributed by atoms with E-state index in [9.17, 15) is 13.6 Å². The van der Waals surface area contributed by atoms with Crippen LogP contribution in [-0.2, 0) is 11.2 Å². The summed E-state index contributed by atoms with van der Waals surface area (Å²) in [6.07, 6.45) is -0.582. The van der Waals surface area contributed by atoms with Crippen LogP contribution >= 0.6 is 15.9 Å². The molecule has 1 aromatic rings. The number of anilines is 1. The summed E-state index contributed by atoms with van der Waals surface area (Å²) in [6.45, 7) is 0. The van der Waals surface area contributed by atoms with Gasteiger partial charge < -0.3 is 10.8 Å². The number of hydrogen-bond donors (Lipinski definition) is 2. The normalized spacial score (nSPS) is 10.2. The summed E-state index contributed by atoms with van der Waals surface area (Å²) in [6, 6.07) is 1.15. The standard InChI is InChI=1S/C8H6BrF2NO2/c9-4-1-3(2-5(13)14)6(10)7(11)8(4)12/h1H,2,12H2,(H,13,14). The minimum absolute atomic E-state index is 0.146. The van der Waals surface area contributed by atoms with Crippen molar-refractivity contribution in [1.29, 1.82) is 0 Å². The van der Waals surface area contributed by atoms with Crippen molar-refractivity contribution in [1.82, 2.24) is 0 Å². The molecule has 0 aliphatic rings. The van der Waals surface area contributed by atoms with Crippen molar-refractivity contribution in [2.45, 2.75) is 6.42 Å². The second kappa shape index (κ2) is 3.91. The number of carboxylic acid groups (broad SMARTS) is 1. The van der Waals surface area contributed by atoms with E-state index < -0.39 is 24.0 Å². The zero-order chi connectivity index (χ0) is 10.9. The summed E-state index contributed by atoms with van der Waals surface area (Å²) in [5.74, 6) is -3.68. The highest BCUT2D eigenvalue weighted by Crippen LogP contribution is 2.27. The monoisotopic (exact) mass is 265 g/mol. The Morgan fingerprint density at radius 1 is 1.50 bits per heavy atom. The molecule has 0 fully saturated rings. The average molecular weight is 266 g/mol. The average Bonchev–Trinajstić information content (AvgIpc) is 2.10. The molecule has 0 aromatic heterocycles. The van der Waals surface area contributed by atoms with E-state index in [1.165, 1.54) is 0 Å². The van der Waals surface area contributed by atoms with Crippen LogP contribution in [0.2, 0.25) is 0 Å². The van der Waals surface area contributed by atoms with Gasteiger partial charge in [-0.1, -0.05) is 0 Å². The Morgan fingerprint density at radius 2 is 2.07 bits per heavy atom. The molecule has 0 bridgehead atoms. The highest BCUT2D eigenvalue weighted by molar-refractivity contribution is 9.10. The molecule has 0 atom stereocenters. The summed E-state index contributed by atoms with van der Waals surface area (Å²) in [5, 5.41) is 8.41. The van der Waals surface area contributed by atoms with Gasteiger partial charge in [-0.05, 0) is 22.0 Å². The molecular weight excluding hydrogens is 260 g/mol. The van der Waals surface area contributed by atoms with Gasteiger partial charge in [0.1, 0.15) is 0 Å². The Hall–Kier alpha value is -1.17. The van der Waals surface area contributed by atoms with Crippen molar-refractivity contribution in [2.75, 3.05) is 5.73 Å². The molecule has 0 saturated heterocycles. The number of rotatable bonds is 2. The lowest BCUT2D eigenvalue weighted by atomic mass is 10.1. The van der Waals surface area contributed by atoms with E-state index in [2.05, 4.69) is 15.9 Å². The number of hydrogen-bond acceptors (Lipinski definition) is 2. The topological polar surface area (TPSA) is 63.3 Å². The van der Waals surface area contributed by atoms with E-state index in [1.54, 1.807) is 0 Å². The van der Waals surface area contributed by atoms with Crippen LogP contribution in [0, 0.1) is 11.6 Å². The molecule has 1 rings (SSSR count). The molecule has 3 nitrogen and oxygen atoms in total. The molecule has 0 heterocycles. The molecule has 0 unspecified atom stereocenters. The molecule has 14 heavy (non-hydrogen) atoms. The van der Waals surface area contributed by atoms with Crippen molar-refractivity contribution in [3.8, 4) is 0 Å². The van der Waals surface area contributed by atoms with Crippen molar-refractivity contribution in [3.63, 3.8) is 0 Å². The first kappa shape index (κ1) is 10.9. The number of benzene rings is 1. The third kappa shape index (κ3) is 2.01. The van der Waals surface area contributed by atoms with Gasteiger partial charge in [-0.25, -0.2) is 8.78 Å². The second-order valence-electron chi connectivity index (χ2n) is 2.63. The number of carboxylic acids is 1. The highest BCUT2D eigenvalue weighted by Gasteiger charge is 2.16. The lowest BCUT2D eigenvalue weighted by Crippen LogP contribution is -2.06. The Labute approximate surface area is 86.7 Å². The van der Waals surface area contributed by atoms with E-state index in [0.29, 0.717) is 0 Å². The molecule has 0 amide bonds. The number of nitrogen functional groups attached to an aromatic ring is 1. The fourth-order valence-electron chi connectivity index (χ4n) is 0.950. The van der Waals surface area contributed by atoms with Crippen LogP contribution in [-0.4, -0.2) is 11.1 Å². The van der Waals surface area contributed by atoms with Gasteiger partial charge >= 0.3 is 5.97 Å². The Bertz CT molecular complexity index is 395. The third-order valence-electron chi connectivity index (χ3n) is 1.61. The summed E-state index contributed by atoms with van der Waals surface area (Å²) in [7, 11) is 0. The van der Waals surface area contributed by atoms with Gasteiger partial charge in [-0.3, -0.25) is 4.79 Å². The van der Waals surface area contributed by atoms with Crippen LogP contribution in [0.5, 0.6) is 0 Å². The maximum absolute atomic E-state index is 13.1. The van der Waals surface area contributed by atoms with Crippen LogP contribution in [0.3, 0.4) is 0 Å². The van der Waals surface area contributed by atoms with Crippen LogP contribution in [0.1, 0.15) is 5.56 Å². The lowest BCUT2D eigenvalue weighted by Gasteiger charge is -2.05. The van der Waals surface area contributed by atoms with Crippen molar-refractivity contribution < 1.29 is 18.7 Å². The largest absolute Gasteiger partial charge is 0.481 e. The zero-order valence-corrected chi connectivity index (χ0v) is 8.44. The predicted molar refractivity (Wildman–Crippen MR) is 49.8 cm³/mol. The first-order chi connectivity index (χ1) is 6.43. The van der Waals surface area contributed by atoms with Crippen LogP contribution in [0.15, 0.2) is 10.5 Å². The fraction of sp³-hybridized carbons (Fsp3) is 0.125. The van der Waals surface area contributed by atoms with Crippen molar-refractivity contribution in [3.05, 3.63) is 27.7 Å². The van der Waals surface area contributed by atoms with Gasteiger partial charge in [0, 0.05) is 10.0 Å². The van der Waals surface area contributed by atoms with Gasteiger partial charge in [0.25, 0.3) is 0 Å². The summed E-state index contributed by atoms with van der Waals surface area (Å²) >= 11 is 2.90. The maximum atomic E-state index is 13.1. The van der Waals surface area contributed by atoms with Crippen LogP contribution < -0.4 is 5.73 Å². The van der Waals surface area contributed by atoms with Gasteiger partial charge in [-0.15, -0.1) is 0 Å². The molecular formula is C8H6BrF2NO2. The Morgan fingerprint density at radius 3 is 2.57 bits per heavy atom. The maximum Gasteiger partial charge on any atom is 0.307 e. The zero-order valence-electron chi connectivity index (χ0n) is 6.85. The SMILES string of the molecule is Nc1c(Br)cc(CC(=O)O)c(F)c1F. The smallest absolute Gasteiger partial charge is 0.307 e. The van der Waals surface area contributed by atoms with E-state index in [0.717, 1.165) is 6.07 Å². The quantitative estimate of drug-likeness (QED) is 0.635. The third-order valence-corrected chi connectivity index (χ3v) is 2.27. The molecule has 0 radical (unpaired) electrons. The van der Waals surface area contributed by atoms with Gasteiger partial charge in [0.05, 0.1) is 12.1 Å². The Balaban J connectivity index is 3.25. The lowest BCUT2D eigenvalue weighted by molar-refractivity contribution is -0.136. The van der Waals surface area contributed by atoms with Crippen LogP contribution in [0.25, 0.3) is 0 Å². The first-order valence-electron chi connectivity index (χ1n) is 3.57. The fourth-order valence-corrected chi connectivity index (χ4v) is 1.40. The summed E-state index contributed by atoms with van der Waals surface area (Å²) in [5.41, 5.74) is 4.57. The van der Waals surface area contributed by atoms with E-state index in [1.807, 2.05) is 0 Å². The van der Waals surface area contributed by atoms with Crippen LogP contribution in [0.4, 0.5) is 14.5 Å². The molecule has 76 valence electrons. The summed E-state index contributed by atoms with van der Waals surface area (Å²) < 4.78 is 26.2. The molecule has 3 N–H and O–H groups in total. The first-order valence-corrected chi connectivity index (χ1v) is 4.36. The van der Waals surface area contributed by atoms with Crippen molar-refractivity contribution >= 4 is 27.6 Å². The van der Waals surface area contributed by atoms with E-state index in [-0.39, 0.29) is 15.7 Å². The number of halogens is 3. The second-order valence-corrected chi connectivity index (χ2v) is 3.48. The van der Waals surface area contributed by atoms with Crippen molar-refractivity contribution in [2.24, 2.45) is 0 Å². The molecule has 0 aliphatic carbocycles. The molecule has 0 spiro atoms. The number of carbonyl (C=O) groups is 1. The highest BCUT2D eigenvalue weighted by atomic mass is 79.9. The van der Waals surface area contributed by atoms with Gasteiger partial charge in [0.2, 0.25) is 0 Å². The minimum Gasteiger partial charge on any atom is -0.481 e. The molecule has 0 saturated carbocycles. The summed E-state index contributed by atoms with van der Waals surface area (Å²) in [4.78, 5) is 10.3. The molecule has 0 aliphatic heterocycles. The number of aliphatic carboxylic acids is 1. The Kier molecular flexibility index (Phi) is 3.05. The van der Waals surface area contributed by atoms with Gasteiger partial charge in [0.15, 0.2) is 11.6 Å². The predicted octanol–water partition coefficient (Wildman–Crippen LogP) is 1.94. The minimum atomic E-state index is -1.24. The molecule has 1 aromatic carbocycles. The van der Waals surface area contributed by atoms with E-state index >= 15 is 0 Å².